The molecule has 1 rings (SSSR count). The number of carbonyl (C=O) groups excluding carboxylic acids is 1. The maximum Gasteiger partial charge on any atom is 0.178 e. The predicted molar refractivity (Wildman–Crippen MR) is 57.0 cm³/mol. The lowest BCUT2D eigenvalue weighted by atomic mass is 10.1. The molecule has 72 valence electrons. The summed E-state index contributed by atoms with van der Waals surface area (Å²) >= 11 is 0. The summed E-state index contributed by atoms with van der Waals surface area (Å²) < 4.78 is 0. The van der Waals surface area contributed by atoms with Crippen LogP contribution >= 0.6 is 0 Å². The molecule has 0 aromatic heterocycles. The topological polar surface area (TPSA) is 37.3 Å². The normalized spacial score (nSPS) is 11.2. The Kier molecular flexibility index (Phi) is 3.68. The number of benzene rings is 1. The summed E-state index contributed by atoms with van der Waals surface area (Å²) in [6, 6.07) is 6.87. The Morgan fingerprint density at radius 3 is 2.64 bits per heavy atom. The molecular formula is C12H12O2. The van der Waals surface area contributed by atoms with Crippen molar-refractivity contribution in [1.82, 2.24) is 0 Å². The number of rotatable bonds is 3. The molecule has 0 saturated heterocycles. The zero-order valence-electron chi connectivity index (χ0n) is 7.97. The number of carbonyl (C=O) groups is 1. The first-order chi connectivity index (χ1) is 6.74. The molecule has 0 aliphatic rings. The third-order valence-corrected chi connectivity index (χ3v) is 1.69. The van der Waals surface area contributed by atoms with Crippen LogP contribution in [0.1, 0.15) is 12.5 Å². The number of ketones is 1. The van der Waals surface area contributed by atoms with Crippen LogP contribution < -0.4 is 0 Å². The van der Waals surface area contributed by atoms with E-state index in [0.29, 0.717) is 5.56 Å². The standard InChI is InChI=1S/C12H12O2/c1-2-5-11(13)9-8-10-6-3-4-7-12(10)14/h2-9,14H,1H3. The Bertz CT molecular complexity index is 376. The van der Waals surface area contributed by atoms with Crippen molar-refractivity contribution < 1.29 is 9.90 Å². The lowest BCUT2D eigenvalue weighted by molar-refractivity contribution is -0.110. The van der Waals surface area contributed by atoms with Gasteiger partial charge in [0.1, 0.15) is 5.75 Å². The smallest absolute Gasteiger partial charge is 0.178 e. The molecular weight excluding hydrogens is 176 g/mol. The van der Waals surface area contributed by atoms with Crippen LogP contribution in [0, 0.1) is 0 Å². The van der Waals surface area contributed by atoms with Crippen LogP contribution in [0.4, 0.5) is 0 Å². The van der Waals surface area contributed by atoms with E-state index in [-0.39, 0.29) is 11.5 Å². The van der Waals surface area contributed by atoms with Crippen LogP contribution in [0.5, 0.6) is 5.75 Å². The van der Waals surface area contributed by atoms with Crippen LogP contribution in [0.2, 0.25) is 0 Å². The Morgan fingerprint density at radius 1 is 1.29 bits per heavy atom. The van der Waals surface area contributed by atoms with Crippen molar-refractivity contribution in [3.8, 4) is 5.75 Å². The van der Waals surface area contributed by atoms with Crippen molar-refractivity contribution in [3.05, 3.63) is 48.1 Å². The summed E-state index contributed by atoms with van der Waals surface area (Å²) in [6.45, 7) is 1.78. The molecule has 0 spiro atoms. The van der Waals surface area contributed by atoms with Gasteiger partial charge in [0, 0.05) is 5.56 Å². The van der Waals surface area contributed by atoms with E-state index in [9.17, 15) is 9.90 Å². The minimum absolute atomic E-state index is 0.0873. The van der Waals surface area contributed by atoms with E-state index in [1.807, 2.05) is 0 Å². The van der Waals surface area contributed by atoms with Gasteiger partial charge in [0.05, 0.1) is 0 Å². The van der Waals surface area contributed by atoms with Crippen LogP contribution in [0.3, 0.4) is 0 Å². The number of allylic oxidation sites excluding steroid dienone is 3. The average Bonchev–Trinajstić information content (AvgIpc) is 2.17. The van der Waals surface area contributed by atoms with Gasteiger partial charge in [-0.2, -0.15) is 0 Å². The monoisotopic (exact) mass is 188 g/mol. The number of hydrogen-bond donors (Lipinski definition) is 1. The predicted octanol–water partition coefficient (Wildman–Crippen LogP) is 2.55. The quantitative estimate of drug-likeness (QED) is 0.740. The Labute approximate surface area is 83.2 Å². The highest BCUT2D eigenvalue weighted by Crippen LogP contribution is 2.16. The van der Waals surface area contributed by atoms with Crippen molar-refractivity contribution in [2.45, 2.75) is 6.92 Å². The molecule has 1 N–H and O–H groups in total. The summed E-state index contributed by atoms with van der Waals surface area (Å²) in [6.07, 6.45) is 6.17. The SMILES string of the molecule is CC=CC(=O)C=Cc1ccccc1O. The first-order valence-electron chi connectivity index (χ1n) is 4.37. The number of phenolic OH excluding ortho intramolecular Hbond substituents is 1. The van der Waals surface area contributed by atoms with Gasteiger partial charge in [-0.15, -0.1) is 0 Å². The van der Waals surface area contributed by atoms with Crippen molar-refractivity contribution in [3.63, 3.8) is 0 Å². The van der Waals surface area contributed by atoms with Gasteiger partial charge < -0.3 is 5.11 Å². The number of aromatic hydroxyl groups is 1. The molecule has 1 aromatic carbocycles. The summed E-state index contributed by atoms with van der Waals surface area (Å²) in [7, 11) is 0. The highest BCUT2D eigenvalue weighted by Gasteiger charge is 1.94. The lowest BCUT2D eigenvalue weighted by Gasteiger charge is -1.95. The summed E-state index contributed by atoms with van der Waals surface area (Å²) in [5.74, 6) is 0.0905. The van der Waals surface area contributed by atoms with Gasteiger partial charge in [0.25, 0.3) is 0 Å². The molecule has 0 bridgehead atoms. The van der Waals surface area contributed by atoms with E-state index in [1.54, 1.807) is 43.3 Å². The van der Waals surface area contributed by atoms with E-state index in [0.717, 1.165) is 0 Å². The fourth-order valence-electron chi connectivity index (χ4n) is 1.02. The van der Waals surface area contributed by atoms with Gasteiger partial charge in [-0.1, -0.05) is 24.3 Å². The van der Waals surface area contributed by atoms with Gasteiger partial charge in [-0.05, 0) is 31.2 Å². The maximum absolute atomic E-state index is 11.1. The zero-order chi connectivity index (χ0) is 10.4. The van der Waals surface area contributed by atoms with Gasteiger partial charge in [0.2, 0.25) is 0 Å². The highest BCUT2D eigenvalue weighted by molar-refractivity contribution is 6.02. The molecule has 0 radical (unpaired) electrons. The van der Waals surface area contributed by atoms with Crippen molar-refractivity contribution in [2.24, 2.45) is 0 Å². The number of phenols is 1. The van der Waals surface area contributed by atoms with Gasteiger partial charge in [0.15, 0.2) is 5.78 Å². The molecule has 0 heterocycles. The molecule has 2 nitrogen and oxygen atoms in total. The molecule has 1 aromatic rings. The van der Waals surface area contributed by atoms with Crippen LogP contribution in [-0.2, 0) is 4.79 Å². The minimum Gasteiger partial charge on any atom is -0.507 e. The molecule has 0 aliphatic heterocycles. The second-order valence-corrected chi connectivity index (χ2v) is 2.79. The van der Waals surface area contributed by atoms with Crippen molar-refractivity contribution in [2.75, 3.05) is 0 Å². The molecule has 0 amide bonds. The molecule has 2 heteroatoms. The van der Waals surface area contributed by atoms with Crippen LogP contribution in [-0.4, -0.2) is 10.9 Å². The second-order valence-electron chi connectivity index (χ2n) is 2.79. The van der Waals surface area contributed by atoms with Gasteiger partial charge in [-0.3, -0.25) is 4.79 Å². The third-order valence-electron chi connectivity index (χ3n) is 1.69. The van der Waals surface area contributed by atoms with Crippen LogP contribution in [0.25, 0.3) is 6.08 Å². The Hall–Kier alpha value is -1.83. The van der Waals surface area contributed by atoms with E-state index in [4.69, 9.17) is 0 Å². The van der Waals surface area contributed by atoms with E-state index >= 15 is 0 Å². The molecule has 14 heavy (non-hydrogen) atoms. The number of hydrogen-bond acceptors (Lipinski definition) is 2. The molecule has 0 unspecified atom stereocenters. The summed E-state index contributed by atoms with van der Waals surface area (Å²) in [5, 5.41) is 9.37. The summed E-state index contributed by atoms with van der Waals surface area (Å²) in [5.41, 5.74) is 0.644. The summed E-state index contributed by atoms with van der Waals surface area (Å²) in [4.78, 5) is 11.1. The van der Waals surface area contributed by atoms with Crippen molar-refractivity contribution >= 4 is 11.9 Å². The van der Waals surface area contributed by atoms with Crippen LogP contribution in [0.15, 0.2) is 42.5 Å². The molecule has 0 saturated carbocycles. The molecule has 0 fully saturated rings. The Morgan fingerprint density at radius 2 is 2.00 bits per heavy atom. The van der Waals surface area contributed by atoms with E-state index < -0.39 is 0 Å². The van der Waals surface area contributed by atoms with E-state index in [1.165, 1.54) is 12.2 Å². The van der Waals surface area contributed by atoms with Gasteiger partial charge >= 0.3 is 0 Å². The largest absolute Gasteiger partial charge is 0.507 e. The Balaban J connectivity index is 2.79. The first kappa shape index (κ1) is 10.3. The number of para-hydroxylation sites is 1. The van der Waals surface area contributed by atoms with Crippen molar-refractivity contribution in [1.29, 1.82) is 0 Å². The molecule has 0 atom stereocenters. The average molecular weight is 188 g/mol. The minimum atomic E-state index is -0.0873. The lowest BCUT2D eigenvalue weighted by Crippen LogP contribution is -1.83. The fraction of sp³-hybridized carbons (Fsp3) is 0.0833. The second kappa shape index (κ2) is 5.02. The fourth-order valence-corrected chi connectivity index (χ4v) is 1.02. The zero-order valence-corrected chi connectivity index (χ0v) is 7.97. The maximum atomic E-state index is 11.1. The third kappa shape index (κ3) is 2.90. The highest BCUT2D eigenvalue weighted by atomic mass is 16.3. The first-order valence-corrected chi connectivity index (χ1v) is 4.37. The molecule has 0 aliphatic carbocycles. The van der Waals surface area contributed by atoms with Gasteiger partial charge in [-0.25, -0.2) is 0 Å². The van der Waals surface area contributed by atoms with E-state index in [2.05, 4.69) is 0 Å².